The van der Waals surface area contributed by atoms with Crippen LogP contribution in [-0.2, 0) is 14.8 Å². The lowest BCUT2D eigenvalue weighted by Gasteiger charge is -2.28. The number of sulfonamides is 1. The molecule has 2 aromatic rings. The highest BCUT2D eigenvalue weighted by Gasteiger charge is 2.29. The van der Waals surface area contributed by atoms with Gasteiger partial charge in [0.1, 0.15) is 6.04 Å². The van der Waals surface area contributed by atoms with Crippen molar-refractivity contribution >= 4 is 33.1 Å². The van der Waals surface area contributed by atoms with Crippen LogP contribution in [0.2, 0.25) is 0 Å². The monoisotopic (exact) mass is 360 g/mol. The summed E-state index contributed by atoms with van der Waals surface area (Å²) in [5, 5.41) is 2.66. The number of nitrogens with one attached hydrogen (secondary N) is 1. The van der Waals surface area contributed by atoms with E-state index < -0.39 is 22.0 Å². The van der Waals surface area contributed by atoms with Crippen LogP contribution in [0.3, 0.4) is 0 Å². The van der Waals surface area contributed by atoms with Gasteiger partial charge in [-0.3, -0.25) is 13.9 Å². The summed E-state index contributed by atoms with van der Waals surface area (Å²) in [5.41, 5.74) is 1.31. The first kappa shape index (κ1) is 18.7. The van der Waals surface area contributed by atoms with Crippen LogP contribution in [-0.4, -0.2) is 32.4 Å². The fourth-order valence-electron chi connectivity index (χ4n) is 2.45. The molecule has 0 radical (unpaired) electrons. The quantitative estimate of drug-likeness (QED) is 0.803. The fourth-order valence-corrected chi connectivity index (χ4v) is 3.62. The summed E-state index contributed by atoms with van der Waals surface area (Å²) in [5.74, 6) is -0.610. The van der Waals surface area contributed by atoms with E-state index in [1.807, 2.05) is 0 Å². The second kappa shape index (κ2) is 7.48. The first-order chi connectivity index (χ1) is 11.7. The van der Waals surface area contributed by atoms with Crippen LogP contribution < -0.4 is 9.62 Å². The highest BCUT2D eigenvalue weighted by Crippen LogP contribution is 2.21. The second-order valence-corrected chi connectivity index (χ2v) is 7.56. The molecule has 2 aromatic carbocycles. The van der Waals surface area contributed by atoms with Crippen molar-refractivity contribution in [3.05, 3.63) is 60.2 Å². The summed E-state index contributed by atoms with van der Waals surface area (Å²) in [6.45, 7) is 2.95. The molecule has 6 nitrogen and oxygen atoms in total. The highest BCUT2D eigenvalue weighted by molar-refractivity contribution is 7.92. The molecule has 0 aliphatic rings. The average molecular weight is 360 g/mol. The molecule has 0 saturated heterocycles. The fraction of sp³-hybridized carbons (Fsp3) is 0.222. The number of anilines is 2. The van der Waals surface area contributed by atoms with E-state index in [2.05, 4.69) is 5.32 Å². The molecule has 1 amide bonds. The van der Waals surface area contributed by atoms with Crippen LogP contribution in [0.4, 0.5) is 11.4 Å². The van der Waals surface area contributed by atoms with E-state index in [1.165, 1.54) is 13.8 Å². The number of Topliss-reactive ketones (excluding diaryl/α,β-unsaturated/α-hetero) is 1. The van der Waals surface area contributed by atoms with Gasteiger partial charge in [-0.15, -0.1) is 0 Å². The third kappa shape index (κ3) is 4.67. The topological polar surface area (TPSA) is 83.6 Å². The van der Waals surface area contributed by atoms with E-state index in [-0.39, 0.29) is 5.78 Å². The number of para-hydroxylation sites is 1. The Morgan fingerprint density at radius 3 is 2.24 bits per heavy atom. The highest BCUT2D eigenvalue weighted by atomic mass is 32.2. The van der Waals surface area contributed by atoms with Crippen molar-refractivity contribution in [1.82, 2.24) is 0 Å². The predicted molar refractivity (Wildman–Crippen MR) is 98.3 cm³/mol. The Bertz CT molecular complexity index is 879. The molecular formula is C18H20N2O4S. The smallest absolute Gasteiger partial charge is 0.247 e. The molecule has 0 aliphatic carbocycles. The zero-order valence-corrected chi connectivity index (χ0v) is 15.1. The third-order valence-corrected chi connectivity index (χ3v) is 4.88. The van der Waals surface area contributed by atoms with Crippen molar-refractivity contribution in [2.75, 3.05) is 15.9 Å². The molecule has 1 atom stereocenters. The molecule has 0 heterocycles. The zero-order chi connectivity index (χ0) is 18.6. The predicted octanol–water partition coefficient (Wildman–Crippen LogP) is 2.68. The lowest BCUT2D eigenvalue weighted by atomic mass is 10.1. The van der Waals surface area contributed by atoms with Gasteiger partial charge in [-0.1, -0.05) is 30.3 Å². The van der Waals surface area contributed by atoms with E-state index in [1.54, 1.807) is 54.6 Å². The van der Waals surface area contributed by atoms with Crippen molar-refractivity contribution in [2.24, 2.45) is 0 Å². The average Bonchev–Trinajstić information content (AvgIpc) is 2.54. The molecule has 25 heavy (non-hydrogen) atoms. The van der Waals surface area contributed by atoms with Crippen LogP contribution in [0.1, 0.15) is 24.2 Å². The Labute approximate surface area is 147 Å². The summed E-state index contributed by atoms with van der Waals surface area (Å²) in [4.78, 5) is 24.0. The van der Waals surface area contributed by atoms with E-state index in [4.69, 9.17) is 0 Å². The van der Waals surface area contributed by atoms with Crippen LogP contribution in [0, 0.1) is 0 Å². The Hall–Kier alpha value is -2.67. The normalized spacial score (nSPS) is 12.3. The van der Waals surface area contributed by atoms with Crippen LogP contribution >= 0.6 is 0 Å². The molecule has 0 spiro atoms. The standard InChI is InChI=1S/C18H20N2O4S/c1-13(20(25(3,23)24)17-10-5-4-6-11-17)18(22)19-16-9-7-8-15(12-16)14(2)21/h4-13H,1-3H3,(H,19,22)/t13-/m0/s1. The van der Waals surface area contributed by atoms with Crippen LogP contribution in [0.5, 0.6) is 0 Å². The number of carbonyl (C=O) groups excluding carboxylic acids is 2. The SMILES string of the molecule is CC(=O)c1cccc(NC(=O)[C@H](C)N(c2ccccc2)S(C)(=O)=O)c1. The zero-order valence-electron chi connectivity index (χ0n) is 14.3. The minimum atomic E-state index is -3.66. The number of ketones is 1. The minimum Gasteiger partial charge on any atom is -0.324 e. The summed E-state index contributed by atoms with van der Waals surface area (Å²) >= 11 is 0. The Morgan fingerprint density at radius 2 is 1.68 bits per heavy atom. The Morgan fingerprint density at radius 1 is 1.04 bits per heavy atom. The van der Waals surface area contributed by atoms with E-state index in [0.29, 0.717) is 16.9 Å². The van der Waals surface area contributed by atoms with E-state index in [0.717, 1.165) is 10.6 Å². The lowest BCUT2D eigenvalue weighted by molar-refractivity contribution is -0.116. The van der Waals surface area contributed by atoms with Gasteiger partial charge >= 0.3 is 0 Å². The van der Waals surface area contributed by atoms with Crippen LogP contribution in [0.15, 0.2) is 54.6 Å². The van der Waals surface area contributed by atoms with Gasteiger partial charge in [0.15, 0.2) is 5.78 Å². The Balaban J connectivity index is 2.28. The molecule has 0 aliphatic heterocycles. The van der Waals surface area contributed by atoms with Crippen molar-refractivity contribution in [3.8, 4) is 0 Å². The van der Waals surface area contributed by atoms with E-state index >= 15 is 0 Å². The van der Waals surface area contributed by atoms with Crippen molar-refractivity contribution in [1.29, 1.82) is 0 Å². The van der Waals surface area contributed by atoms with Crippen molar-refractivity contribution in [2.45, 2.75) is 19.9 Å². The summed E-state index contributed by atoms with van der Waals surface area (Å²) in [7, 11) is -3.66. The molecule has 132 valence electrons. The number of benzene rings is 2. The van der Waals surface area contributed by atoms with Gasteiger partial charge in [-0.2, -0.15) is 0 Å². The number of hydrogen-bond donors (Lipinski definition) is 1. The number of nitrogens with zero attached hydrogens (tertiary/aromatic N) is 1. The summed E-state index contributed by atoms with van der Waals surface area (Å²) < 4.78 is 25.4. The maximum absolute atomic E-state index is 12.6. The molecule has 0 bridgehead atoms. The number of rotatable bonds is 6. The lowest BCUT2D eigenvalue weighted by Crippen LogP contribution is -2.45. The van der Waals surface area contributed by atoms with Crippen molar-refractivity contribution < 1.29 is 18.0 Å². The third-order valence-electron chi connectivity index (χ3n) is 3.64. The first-order valence-corrected chi connectivity index (χ1v) is 9.51. The first-order valence-electron chi connectivity index (χ1n) is 7.66. The molecule has 0 fully saturated rings. The van der Waals surface area contributed by atoms with Gasteiger partial charge in [-0.25, -0.2) is 8.42 Å². The molecule has 0 aromatic heterocycles. The number of hydrogen-bond acceptors (Lipinski definition) is 4. The molecule has 0 saturated carbocycles. The van der Waals surface area contributed by atoms with E-state index in [9.17, 15) is 18.0 Å². The van der Waals surface area contributed by atoms with Gasteiger partial charge in [0.05, 0.1) is 11.9 Å². The summed E-state index contributed by atoms with van der Waals surface area (Å²) in [6, 6.07) is 14.0. The molecule has 1 N–H and O–H groups in total. The summed E-state index contributed by atoms with van der Waals surface area (Å²) in [6.07, 6.45) is 1.06. The molecule has 2 rings (SSSR count). The molecular weight excluding hydrogens is 340 g/mol. The van der Waals surface area contributed by atoms with Crippen molar-refractivity contribution in [3.63, 3.8) is 0 Å². The number of carbonyl (C=O) groups is 2. The minimum absolute atomic E-state index is 0.119. The second-order valence-electron chi connectivity index (χ2n) is 5.70. The molecule has 7 heteroatoms. The largest absolute Gasteiger partial charge is 0.324 e. The van der Waals surface area contributed by atoms with Gasteiger partial charge in [-0.05, 0) is 38.1 Å². The molecule has 0 unspecified atom stereocenters. The van der Waals surface area contributed by atoms with Crippen LogP contribution in [0.25, 0.3) is 0 Å². The maximum Gasteiger partial charge on any atom is 0.247 e. The van der Waals surface area contributed by atoms with Gasteiger partial charge in [0, 0.05) is 11.3 Å². The number of amides is 1. The van der Waals surface area contributed by atoms with Gasteiger partial charge < -0.3 is 5.32 Å². The van der Waals surface area contributed by atoms with Gasteiger partial charge in [0.25, 0.3) is 0 Å². The Kier molecular flexibility index (Phi) is 5.58. The maximum atomic E-state index is 12.6. The van der Waals surface area contributed by atoms with Gasteiger partial charge in [0.2, 0.25) is 15.9 Å².